The van der Waals surface area contributed by atoms with E-state index in [9.17, 15) is 19.7 Å². The lowest BCUT2D eigenvalue weighted by molar-refractivity contribution is -0.384. The van der Waals surface area contributed by atoms with Gasteiger partial charge in [-0.15, -0.1) is 0 Å². The van der Waals surface area contributed by atoms with Gasteiger partial charge in [-0.1, -0.05) is 0 Å². The Hall–Kier alpha value is -4.39. The molecule has 0 atom stereocenters. The van der Waals surface area contributed by atoms with E-state index in [1.807, 2.05) is 0 Å². The summed E-state index contributed by atoms with van der Waals surface area (Å²) < 4.78 is 0.981. The zero-order valence-corrected chi connectivity index (χ0v) is 14.3. The van der Waals surface area contributed by atoms with Crippen molar-refractivity contribution in [3.8, 4) is 17.3 Å². The summed E-state index contributed by atoms with van der Waals surface area (Å²) in [5.74, 6) is -0.608. The maximum atomic E-state index is 12.3. The Morgan fingerprint density at radius 3 is 2.79 bits per heavy atom. The third-order valence-electron chi connectivity index (χ3n) is 3.73. The number of pyridine rings is 1. The van der Waals surface area contributed by atoms with Crippen molar-refractivity contribution >= 4 is 17.3 Å². The predicted molar refractivity (Wildman–Crippen MR) is 98.2 cm³/mol. The fourth-order valence-corrected chi connectivity index (χ4v) is 2.40. The molecule has 2 heterocycles. The first kappa shape index (κ1) is 18.4. The van der Waals surface area contributed by atoms with E-state index in [2.05, 4.69) is 15.4 Å². The van der Waals surface area contributed by atoms with Gasteiger partial charge in [0.05, 0.1) is 21.9 Å². The molecule has 28 heavy (non-hydrogen) atoms. The number of amides is 1. The van der Waals surface area contributed by atoms with Gasteiger partial charge in [0.2, 0.25) is 5.91 Å². The van der Waals surface area contributed by atoms with Gasteiger partial charge in [-0.2, -0.15) is 10.4 Å². The molecular formula is C18H12N6O4. The van der Waals surface area contributed by atoms with Crippen LogP contribution in [0.2, 0.25) is 0 Å². The smallest absolute Gasteiger partial charge is 0.270 e. The van der Waals surface area contributed by atoms with Gasteiger partial charge < -0.3 is 5.32 Å². The molecule has 1 amide bonds. The van der Waals surface area contributed by atoms with E-state index < -0.39 is 22.9 Å². The highest BCUT2D eigenvalue weighted by molar-refractivity contribution is 5.92. The van der Waals surface area contributed by atoms with Crippen LogP contribution in [0.3, 0.4) is 0 Å². The lowest BCUT2D eigenvalue weighted by Crippen LogP contribution is -2.29. The van der Waals surface area contributed by atoms with Crippen LogP contribution in [-0.2, 0) is 11.3 Å². The van der Waals surface area contributed by atoms with Gasteiger partial charge in [-0.25, -0.2) is 4.68 Å². The molecule has 0 bridgehead atoms. The van der Waals surface area contributed by atoms with Crippen LogP contribution in [-0.4, -0.2) is 25.6 Å². The topological polar surface area (TPSA) is 144 Å². The first-order chi connectivity index (χ1) is 13.5. The van der Waals surface area contributed by atoms with E-state index in [0.717, 1.165) is 10.7 Å². The molecule has 0 saturated heterocycles. The third-order valence-corrected chi connectivity index (χ3v) is 3.73. The van der Waals surface area contributed by atoms with Crippen molar-refractivity contribution in [3.63, 3.8) is 0 Å². The van der Waals surface area contributed by atoms with E-state index in [1.165, 1.54) is 24.3 Å². The number of aromatic nitrogens is 3. The molecule has 1 aromatic carbocycles. The van der Waals surface area contributed by atoms with Gasteiger partial charge in [0.1, 0.15) is 12.6 Å². The van der Waals surface area contributed by atoms with Crippen LogP contribution in [0, 0.1) is 21.4 Å². The fourth-order valence-electron chi connectivity index (χ4n) is 2.40. The number of nitriles is 1. The monoisotopic (exact) mass is 376 g/mol. The van der Waals surface area contributed by atoms with Gasteiger partial charge in [-0.3, -0.25) is 24.7 Å². The number of nitro benzene ring substituents is 1. The average molecular weight is 376 g/mol. The van der Waals surface area contributed by atoms with Crippen molar-refractivity contribution in [2.24, 2.45) is 0 Å². The highest BCUT2D eigenvalue weighted by atomic mass is 16.6. The van der Waals surface area contributed by atoms with Crippen LogP contribution < -0.4 is 10.9 Å². The average Bonchev–Trinajstić information content (AvgIpc) is 2.70. The molecule has 2 aromatic heterocycles. The molecule has 0 unspecified atom stereocenters. The zero-order chi connectivity index (χ0) is 20.1. The lowest BCUT2D eigenvalue weighted by atomic mass is 10.1. The van der Waals surface area contributed by atoms with Crippen LogP contribution in [0.1, 0.15) is 5.56 Å². The van der Waals surface area contributed by atoms with E-state index >= 15 is 0 Å². The first-order valence-electron chi connectivity index (χ1n) is 7.95. The molecule has 10 heteroatoms. The molecule has 1 N–H and O–H groups in total. The number of benzene rings is 1. The molecule has 0 aliphatic heterocycles. The molecule has 0 aliphatic carbocycles. The number of nitro groups is 1. The Kier molecular flexibility index (Phi) is 5.18. The number of non-ortho nitro benzene ring substituents is 1. The van der Waals surface area contributed by atoms with Crippen molar-refractivity contribution in [2.45, 2.75) is 6.54 Å². The first-order valence-corrected chi connectivity index (χ1v) is 7.95. The molecule has 0 fully saturated rings. The number of rotatable bonds is 5. The third kappa shape index (κ3) is 4.05. The molecule has 0 aliphatic rings. The van der Waals surface area contributed by atoms with Gasteiger partial charge in [0, 0.05) is 36.2 Å². The molecule has 0 radical (unpaired) electrons. The summed E-state index contributed by atoms with van der Waals surface area (Å²) in [5.41, 5.74) is 0.442. The second-order valence-corrected chi connectivity index (χ2v) is 5.60. The summed E-state index contributed by atoms with van der Waals surface area (Å²) in [6, 6.07) is 11.6. The van der Waals surface area contributed by atoms with Crippen LogP contribution in [0.25, 0.3) is 11.3 Å². The number of nitrogens with zero attached hydrogens (tertiary/aromatic N) is 5. The van der Waals surface area contributed by atoms with Crippen LogP contribution in [0.4, 0.5) is 11.4 Å². The Bertz CT molecular complexity index is 1150. The fraction of sp³-hybridized carbons (Fsp3) is 0.0556. The van der Waals surface area contributed by atoms with Crippen LogP contribution in [0.15, 0.2) is 59.7 Å². The van der Waals surface area contributed by atoms with Gasteiger partial charge in [0.25, 0.3) is 11.2 Å². The van der Waals surface area contributed by atoms with Crippen molar-refractivity contribution in [3.05, 3.63) is 80.9 Å². The Morgan fingerprint density at radius 1 is 1.29 bits per heavy atom. The van der Waals surface area contributed by atoms with Crippen molar-refractivity contribution in [1.29, 1.82) is 5.26 Å². The maximum absolute atomic E-state index is 12.3. The highest BCUT2D eigenvalue weighted by Gasteiger charge is 2.14. The standard InChI is InChI=1S/C18H12N6O4/c19-9-13-8-14(24(27)28)3-4-15(13)21-17(25)11-23-18(26)6-5-16(22-23)12-2-1-7-20-10-12/h1-8,10H,11H2,(H,21,25). The zero-order valence-electron chi connectivity index (χ0n) is 14.3. The van der Waals surface area contributed by atoms with Gasteiger partial charge >= 0.3 is 0 Å². The predicted octanol–water partition coefficient (Wildman–Crippen LogP) is 1.72. The van der Waals surface area contributed by atoms with E-state index in [-0.39, 0.29) is 16.9 Å². The number of hydrogen-bond acceptors (Lipinski definition) is 7. The molecule has 3 aromatic rings. The number of nitrogens with one attached hydrogen (secondary N) is 1. The van der Waals surface area contributed by atoms with Crippen LogP contribution in [0.5, 0.6) is 0 Å². The van der Waals surface area contributed by atoms with Crippen LogP contribution >= 0.6 is 0 Å². The molecule has 0 spiro atoms. The Balaban J connectivity index is 1.82. The summed E-state index contributed by atoms with van der Waals surface area (Å²) >= 11 is 0. The summed E-state index contributed by atoms with van der Waals surface area (Å²) in [4.78, 5) is 38.4. The normalized spacial score (nSPS) is 10.1. The maximum Gasteiger partial charge on any atom is 0.270 e. The van der Waals surface area contributed by atoms with Gasteiger partial charge in [-0.05, 0) is 24.3 Å². The van der Waals surface area contributed by atoms with Crippen molar-refractivity contribution in [1.82, 2.24) is 14.8 Å². The largest absolute Gasteiger partial charge is 0.323 e. The minimum Gasteiger partial charge on any atom is -0.323 e. The minimum atomic E-state index is -0.639. The second-order valence-electron chi connectivity index (χ2n) is 5.60. The molecule has 0 saturated carbocycles. The lowest BCUT2D eigenvalue weighted by Gasteiger charge is -2.09. The second kappa shape index (κ2) is 7.88. The van der Waals surface area contributed by atoms with Gasteiger partial charge in [0.15, 0.2) is 0 Å². The number of carbonyl (C=O) groups is 1. The quantitative estimate of drug-likeness (QED) is 0.527. The highest BCUT2D eigenvalue weighted by Crippen LogP contribution is 2.21. The summed E-state index contributed by atoms with van der Waals surface area (Å²) in [6.07, 6.45) is 3.18. The van der Waals surface area contributed by atoms with E-state index in [4.69, 9.17) is 5.26 Å². The van der Waals surface area contributed by atoms with Crippen molar-refractivity contribution < 1.29 is 9.72 Å². The molecule has 3 rings (SSSR count). The molecular weight excluding hydrogens is 364 g/mol. The van der Waals surface area contributed by atoms with E-state index in [0.29, 0.717) is 11.3 Å². The summed E-state index contributed by atoms with van der Waals surface area (Å²) in [6.45, 7) is -0.394. The molecule has 138 valence electrons. The SMILES string of the molecule is N#Cc1cc([N+](=O)[O-])ccc1NC(=O)Cn1nc(-c2cccnc2)ccc1=O. The summed E-state index contributed by atoms with van der Waals surface area (Å²) in [5, 5.41) is 26.5. The number of anilines is 1. The van der Waals surface area contributed by atoms with Crippen molar-refractivity contribution in [2.75, 3.05) is 5.32 Å². The minimum absolute atomic E-state index is 0.0630. The number of hydrogen-bond donors (Lipinski definition) is 1. The Morgan fingerprint density at radius 2 is 2.11 bits per heavy atom. The molecule has 10 nitrogen and oxygen atoms in total. The Labute approximate surface area is 157 Å². The number of carbonyl (C=O) groups excluding carboxylic acids is 1. The van der Waals surface area contributed by atoms with E-state index in [1.54, 1.807) is 30.6 Å². The summed E-state index contributed by atoms with van der Waals surface area (Å²) in [7, 11) is 0.